The third kappa shape index (κ3) is 6.29. The van der Waals surface area contributed by atoms with E-state index in [-0.39, 0.29) is 12.5 Å². The van der Waals surface area contributed by atoms with Gasteiger partial charge in [-0.1, -0.05) is 19.1 Å². The third-order valence-corrected chi connectivity index (χ3v) is 3.03. The zero-order chi connectivity index (χ0) is 15.7. The monoisotopic (exact) mass is 293 g/mol. The maximum absolute atomic E-state index is 12.0. The summed E-state index contributed by atoms with van der Waals surface area (Å²) in [5, 5.41) is 8.82. The average Bonchev–Trinajstić information content (AvgIpc) is 2.45. The zero-order valence-corrected chi connectivity index (χ0v) is 12.7. The van der Waals surface area contributed by atoms with Crippen molar-refractivity contribution in [1.29, 1.82) is 0 Å². The molecule has 21 heavy (non-hydrogen) atoms. The van der Waals surface area contributed by atoms with Gasteiger partial charge in [-0.05, 0) is 37.5 Å². The molecule has 1 aromatic rings. The molecule has 1 N–H and O–H groups in total. The van der Waals surface area contributed by atoms with Crippen molar-refractivity contribution < 1.29 is 19.4 Å². The van der Waals surface area contributed by atoms with Crippen LogP contribution in [0.4, 0.5) is 0 Å². The van der Waals surface area contributed by atoms with Crippen LogP contribution in [0.2, 0.25) is 0 Å². The topological polar surface area (TPSA) is 66.8 Å². The van der Waals surface area contributed by atoms with Crippen LogP contribution in [0.3, 0.4) is 0 Å². The van der Waals surface area contributed by atoms with Crippen molar-refractivity contribution in [3.63, 3.8) is 0 Å². The zero-order valence-electron chi connectivity index (χ0n) is 12.7. The number of hydrogen-bond acceptors (Lipinski definition) is 3. The van der Waals surface area contributed by atoms with Crippen LogP contribution in [-0.2, 0) is 16.0 Å². The van der Waals surface area contributed by atoms with Crippen LogP contribution in [-0.4, -0.2) is 41.6 Å². The smallest absolute Gasteiger partial charge is 0.323 e. The molecule has 0 aromatic heterocycles. The molecule has 0 heterocycles. The molecule has 5 nitrogen and oxygen atoms in total. The van der Waals surface area contributed by atoms with E-state index < -0.39 is 5.97 Å². The fourth-order valence-electron chi connectivity index (χ4n) is 2.05. The lowest BCUT2D eigenvalue weighted by Gasteiger charge is -2.19. The van der Waals surface area contributed by atoms with E-state index >= 15 is 0 Å². The Morgan fingerprint density at radius 3 is 2.38 bits per heavy atom. The molecule has 0 radical (unpaired) electrons. The van der Waals surface area contributed by atoms with Crippen LogP contribution in [0, 0.1) is 0 Å². The van der Waals surface area contributed by atoms with Crippen molar-refractivity contribution in [3.05, 3.63) is 29.8 Å². The minimum absolute atomic E-state index is 0.117. The van der Waals surface area contributed by atoms with Crippen LogP contribution < -0.4 is 4.74 Å². The number of aryl methyl sites for hydroxylation is 1. The number of rotatable bonds is 9. The first-order chi connectivity index (χ1) is 10.1. The molecule has 0 fully saturated rings. The first-order valence-corrected chi connectivity index (χ1v) is 7.28. The van der Waals surface area contributed by atoms with Gasteiger partial charge in [0.1, 0.15) is 12.3 Å². The average molecular weight is 293 g/mol. The van der Waals surface area contributed by atoms with Crippen LogP contribution in [0.15, 0.2) is 24.3 Å². The summed E-state index contributed by atoms with van der Waals surface area (Å²) in [6.45, 7) is 4.73. The van der Waals surface area contributed by atoms with Crippen molar-refractivity contribution in [2.75, 3.05) is 19.7 Å². The van der Waals surface area contributed by atoms with Gasteiger partial charge in [-0.25, -0.2) is 0 Å². The second-order valence-corrected chi connectivity index (χ2v) is 4.79. The summed E-state index contributed by atoms with van der Waals surface area (Å²) < 4.78 is 5.36. The minimum Gasteiger partial charge on any atom is -0.494 e. The first kappa shape index (κ1) is 17.0. The summed E-state index contributed by atoms with van der Waals surface area (Å²) in [5.41, 5.74) is 1.04. The molecule has 0 saturated carbocycles. The van der Waals surface area contributed by atoms with Crippen LogP contribution in [0.25, 0.3) is 0 Å². The maximum atomic E-state index is 12.0. The molecule has 1 rings (SSSR count). The molecule has 116 valence electrons. The van der Waals surface area contributed by atoms with Gasteiger partial charge in [0, 0.05) is 13.0 Å². The molecular weight excluding hydrogens is 270 g/mol. The number of carbonyl (C=O) groups excluding carboxylic acids is 1. The fourth-order valence-corrected chi connectivity index (χ4v) is 2.05. The summed E-state index contributed by atoms with van der Waals surface area (Å²) >= 11 is 0. The van der Waals surface area contributed by atoms with Gasteiger partial charge in [-0.2, -0.15) is 0 Å². The fraction of sp³-hybridized carbons (Fsp3) is 0.500. The normalized spacial score (nSPS) is 10.2. The molecule has 0 spiro atoms. The third-order valence-electron chi connectivity index (χ3n) is 3.03. The van der Waals surface area contributed by atoms with Crippen molar-refractivity contribution in [3.8, 4) is 5.75 Å². The molecule has 5 heteroatoms. The highest BCUT2D eigenvalue weighted by atomic mass is 16.5. The Labute approximate surface area is 125 Å². The van der Waals surface area contributed by atoms with E-state index in [0.29, 0.717) is 26.0 Å². The molecule has 0 unspecified atom stereocenters. The summed E-state index contributed by atoms with van der Waals surface area (Å²) in [7, 11) is 0. The molecule has 0 aliphatic carbocycles. The second-order valence-electron chi connectivity index (χ2n) is 4.79. The van der Waals surface area contributed by atoms with E-state index in [0.717, 1.165) is 17.7 Å². The number of aliphatic carboxylic acids is 1. The summed E-state index contributed by atoms with van der Waals surface area (Å²) in [5.74, 6) is -0.280. The van der Waals surface area contributed by atoms with Crippen LogP contribution in [0.5, 0.6) is 5.75 Å². The maximum Gasteiger partial charge on any atom is 0.323 e. The molecule has 0 bridgehead atoms. The Kier molecular flexibility index (Phi) is 7.29. The molecule has 0 saturated heterocycles. The highest BCUT2D eigenvalue weighted by molar-refractivity contribution is 5.81. The Morgan fingerprint density at radius 1 is 1.19 bits per heavy atom. The Hall–Kier alpha value is -2.04. The second kappa shape index (κ2) is 9.00. The van der Waals surface area contributed by atoms with Gasteiger partial charge in [0.15, 0.2) is 0 Å². The number of ether oxygens (including phenoxy) is 1. The minimum atomic E-state index is -0.974. The number of benzene rings is 1. The molecule has 0 atom stereocenters. The predicted molar refractivity (Wildman–Crippen MR) is 80.4 cm³/mol. The summed E-state index contributed by atoms with van der Waals surface area (Å²) in [4.78, 5) is 24.2. The highest BCUT2D eigenvalue weighted by Crippen LogP contribution is 2.13. The number of hydrogen-bond donors (Lipinski definition) is 1. The van der Waals surface area contributed by atoms with Gasteiger partial charge in [0.05, 0.1) is 6.61 Å². The van der Waals surface area contributed by atoms with Gasteiger partial charge >= 0.3 is 5.97 Å². The molecular formula is C16H23NO4. The Bertz CT molecular complexity index is 456. The molecule has 1 amide bonds. The van der Waals surface area contributed by atoms with Crippen LogP contribution in [0.1, 0.15) is 32.3 Å². The van der Waals surface area contributed by atoms with E-state index in [1.165, 1.54) is 4.90 Å². The Morgan fingerprint density at radius 2 is 1.86 bits per heavy atom. The van der Waals surface area contributed by atoms with Crippen LogP contribution >= 0.6 is 0 Å². The van der Waals surface area contributed by atoms with Crippen molar-refractivity contribution >= 4 is 11.9 Å². The van der Waals surface area contributed by atoms with E-state index in [9.17, 15) is 9.59 Å². The lowest BCUT2D eigenvalue weighted by molar-refractivity contribution is -0.144. The van der Waals surface area contributed by atoms with E-state index in [2.05, 4.69) is 0 Å². The lowest BCUT2D eigenvalue weighted by Crippen LogP contribution is -2.36. The molecule has 1 aromatic carbocycles. The quantitative estimate of drug-likeness (QED) is 0.759. The first-order valence-electron chi connectivity index (χ1n) is 7.28. The SMILES string of the molecule is CCCN(CC(=O)O)C(=O)CCc1ccc(OCC)cc1. The van der Waals surface area contributed by atoms with Gasteiger partial charge in [0.2, 0.25) is 5.91 Å². The lowest BCUT2D eigenvalue weighted by atomic mass is 10.1. The standard InChI is InChI=1S/C16H23NO4/c1-3-11-17(12-16(19)20)15(18)10-7-13-5-8-14(9-6-13)21-4-2/h5-6,8-9H,3-4,7,10-12H2,1-2H3,(H,19,20). The van der Waals surface area contributed by atoms with E-state index in [4.69, 9.17) is 9.84 Å². The van der Waals surface area contributed by atoms with Crippen molar-refractivity contribution in [2.24, 2.45) is 0 Å². The van der Waals surface area contributed by atoms with Crippen molar-refractivity contribution in [1.82, 2.24) is 4.90 Å². The van der Waals surface area contributed by atoms with Gasteiger partial charge in [-0.3, -0.25) is 9.59 Å². The van der Waals surface area contributed by atoms with E-state index in [1.54, 1.807) is 0 Å². The van der Waals surface area contributed by atoms with E-state index in [1.807, 2.05) is 38.1 Å². The highest BCUT2D eigenvalue weighted by Gasteiger charge is 2.15. The molecule has 0 aliphatic rings. The number of carboxylic acids is 1. The molecule has 0 aliphatic heterocycles. The Balaban J connectivity index is 2.51. The summed E-state index contributed by atoms with van der Waals surface area (Å²) in [6, 6.07) is 7.62. The summed E-state index contributed by atoms with van der Waals surface area (Å²) in [6.07, 6.45) is 1.68. The predicted octanol–water partition coefficient (Wildman–Crippen LogP) is 2.34. The number of amides is 1. The number of nitrogens with zero attached hydrogens (tertiary/aromatic N) is 1. The number of carboxylic acid groups (broad SMARTS) is 1. The largest absolute Gasteiger partial charge is 0.494 e. The van der Waals surface area contributed by atoms with Gasteiger partial charge in [-0.15, -0.1) is 0 Å². The van der Waals surface area contributed by atoms with Gasteiger partial charge < -0.3 is 14.7 Å². The number of carbonyl (C=O) groups is 2. The van der Waals surface area contributed by atoms with Crippen molar-refractivity contribution in [2.45, 2.75) is 33.1 Å². The van der Waals surface area contributed by atoms with Gasteiger partial charge in [0.25, 0.3) is 0 Å².